The molecule has 0 saturated carbocycles. The third-order valence-corrected chi connectivity index (χ3v) is 5.36. The van der Waals surface area contributed by atoms with Gasteiger partial charge in [0, 0.05) is 19.6 Å². The van der Waals surface area contributed by atoms with Crippen LogP contribution in [0.2, 0.25) is 0 Å². The SMILES string of the molecule is CCNC(=O)N1CCc2cc(F)c(C(=O)Nc3cccc(-c4nnnn4C(C)C)n3)cc2C1. The van der Waals surface area contributed by atoms with E-state index in [-0.39, 0.29) is 23.5 Å². The first-order valence-corrected chi connectivity index (χ1v) is 10.8. The molecular formula is C22H25FN8O2. The third-order valence-electron chi connectivity index (χ3n) is 5.36. The first-order valence-electron chi connectivity index (χ1n) is 10.8. The predicted molar refractivity (Wildman–Crippen MR) is 119 cm³/mol. The largest absolute Gasteiger partial charge is 0.338 e. The van der Waals surface area contributed by atoms with Crippen molar-refractivity contribution in [3.63, 3.8) is 0 Å². The number of tetrazole rings is 1. The molecule has 1 aliphatic rings. The summed E-state index contributed by atoms with van der Waals surface area (Å²) in [5, 5.41) is 17.1. The maximum atomic E-state index is 14.7. The fourth-order valence-electron chi connectivity index (χ4n) is 3.71. The summed E-state index contributed by atoms with van der Waals surface area (Å²) in [4.78, 5) is 31.1. The topological polar surface area (TPSA) is 118 Å². The highest BCUT2D eigenvalue weighted by atomic mass is 19.1. The predicted octanol–water partition coefficient (Wildman–Crippen LogP) is 2.80. The first kappa shape index (κ1) is 22.3. The van der Waals surface area contributed by atoms with Gasteiger partial charge in [0.05, 0.1) is 11.6 Å². The molecule has 4 rings (SSSR count). The minimum Gasteiger partial charge on any atom is -0.338 e. The van der Waals surface area contributed by atoms with Gasteiger partial charge in [0.1, 0.15) is 17.3 Å². The van der Waals surface area contributed by atoms with E-state index in [0.29, 0.717) is 37.6 Å². The van der Waals surface area contributed by atoms with E-state index in [9.17, 15) is 14.0 Å². The Morgan fingerprint density at radius 3 is 2.79 bits per heavy atom. The van der Waals surface area contributed by atoms with Gasteiger partial charge in [-0.15, -0.1) is 5.10 Å². The van der Waals surface area contributed by atoms with Crippen LogP contribution in [0.3, 0.4) is 0 Å². The van der Waals surface area contributed by atoms with E-state index >= 15 is 0 Å². The van der Waals surface area contributed by atoms with Crippen LogP contribution in [0, 0.1) is 5.82 Å². The number of aromatic nitrogens is 5. The lowest BCUT2D eigenvalue weighted by atomic mass is 9.96. The Labute approximate surface area is 190 Å². The number of nitrogens with zero attached hydrogens (tertiary/aromatic N) is 6. The number of pyridine rings is 1. The van der Waals surface area contributed by atoms with Crippen molar-refractivity contribution in [2.45, 2.75) is 39.8 Å². The molecule has 0 atom stereocenters. The summed E-state index contributed by atoms with van der Waals surface area (Å²) in [5.74, 6) is -0.528. The maximum absolute atomic E-state index is 14.7. The van der Waals surface area contributed by atoms with Gasteiger partial charge in [0.25, 0.3) is 5.91 Å². The molecule has 2 N–H and O–H groups in total. The quantitative estimate of drug-likeness (QED) is 0.615. The zero-order valence-corrected chi connectivity index (χ0v) is 18.7. The number of carbonyl (C=O) groups is 2. The standard InChI is InChI=1S/C22H25FN8O2/c1-4-24-22(33)30-9-8-14-11-17(23)16(10-15(14)12-30)21(32)26-19-7-5-6-18(25-19)20-27-28-29-31(20)13(2)3/h5-7,10-11,13H,4,8-9,12H2,1-3H3,(H,24,33)(H,25,26,32). The number of anilines is 1. The number of carbonyl (C=O) groups excluding carboxylic acids is 2. The minimum atomic E-state index is -0.626. The summed E-state index contributed by atoms with van der Waals surface area (Å²) in [6.45, 7) is 7.06. The fraction of sp³-hybridized carbons (Fsp3) is 0.364. The second kappa shape index (κ2) is 9.31. The van der Waals surface area contributed by atoms with Gasteiger partial charge < -0.3 is 15.5 Å². The molecule has 172 valence electrons. The minimum absolute atomic E-state index is 0.0265. The summed E-state index contributed by atoms with van der Waals surface area (Å²) >= 11 is 0. The number of halogens is 1. The Balaban J connectivity index is 1.55. The molecule has 0 bridgehead atoms. The molecule has 0 fully saturated rings. The molecule has 3 aromatic rings. The van der Waals surface area contributed by atoms with Crippen molar-refractivity contribution < 1.29 is 14.0 Å². The van der Waals surface area contributed by atoms with Gasteiger partial charge in [-0.1, -0.05) is 6.07 Å². The number of benzene rings is 1. The van der Waals surface area contributed by atoms with E-state index < -0.39 is 11.7 Å². The van der Waals surface area contributed by atoms with Crippen molar-refractivity contribution >= 4 is 17.8 Å². The van der Waals surface area contributed by atoms with Gasteiger partial charge in [-0.05, 0) is 73.0 Å². The lowest BCUT2D eigenvalue weighted by Crippen LogP contribution is -2.42. The number of nitrogens with one attached hydrogen (secondary N) is 2. The van der Waals surface area contributed by atoms with Gasteiger partial charge in [0.2, 0.25) is 5.82 Å². The van der Waals surface area contributed by atoms with E-state index in [0.717, 1.165) is 11.1 Å². The average Bonchev–Trinajstić information content (AvgIpc) is 3.29. The number of urea groups is 1. The van der Waals surface area contributed by atoms with E-state index in [1.807, 2.05) is 20.8 Å². The smallest absolute Gasteiger partial charge is 0.317 e. The fourth-order valence-corrected chi connectivity index (χ4v) is 3.71. The summed E-state index contributed by atoms with van der Waals surface area (Å²) in [5.41, 5.74) is 1.92. The van der Waals surface area contributed by atoms with Crippen LogP contribution in [0.5, 0.6) is 0 Å². The zero-order valence-electron chi connectivity index (χ0n) is 18.7. The van der Waals surface area contributed by atoms with Gasteiger partial charge in [-0.25, -0.2) is 18.9 Å². The van der Waals surface area contributed by atoms with E-state index in [1.54, 1.807) is 27.8 Å². The molecule has 1 aromatic carbocycles. The second-order valence-electron chi connectivity index (χ2n) is 8.01. The van der Waals surface area contributed by atoms with Gasteiger partial charge in [-0.2, -0.15) is 0 Å². The monoisotopic (exact) mass is 452 g/mol. The molecule has 0 spiro atoms. The van der Waals surface area contributed by atoms with Crippen molar-refractivity contribution in [2.75, 3.05) is 18.4 Å². The van der Waals surface area contributed by atoms with Crippen molar-refractivity contribution in [3.8, 4) is 11.5 Å². The Kier molecular flexibility index (Phi) is 6.29. The van der Waals surface area contributed by atoms with Crippen LogP contribution >= 0.6 is 0 Å². The van der Waals surface area contributed by atoms with Gasteiger partial charge >= 0.3 is 6.03 Å². The third kappa shape index (κ3) is 4.66. The summed E-state index contributed by atoms with van der Waals surface area (Å²) in [6.07, 6.45) is 0.527. The molecule has 3 heterocycles. The van der Waals surface area contributed by atoms with Crippen LogP contribution in [0.15, 0.2) is 30.3 Å². The number of hydrogen-bond donors (Lipinski definition) is 2. The highest BCUT2D eigenvalue weighted by Crippen LogP contribution is 2.24. The Bertz CT molecular complexity index is 1190. The normalized spacial score (nSPS) is 13.1. The summed E-state index contributed by atoms with van der Waals surface area (Å²) in [6, 6.07) is 7.79. The Hall–Kier alpha value is -3.89. The molecule has 1 aliphatic heterocycles. The van der Waals surface area contributed by atoms with Crippen LogP contribution in [0.1, 0.15) is 48.3 Å². The lowest BCUT2D eigenvalue weighted by Gasteiger charge is -2.29. The van der Waals surface area contributed by atoms with Gasteiger partial charge in [-0.3, -0.25) is 4.79 Å². The van der Waals surface area contributed by atoms with E-state index in [4.69, 9.17) is 0 Å². The number of amides is 3. The van der Waals surface area contributed by atoms with Crippen LogP contribution < -0.4 is 10.6 Å². The van der Waals surface area contributed by atoms with Crippen LogP contribution in [0.25, 0.3) is 11.5 Å². The van der Waals surface area contributed by atoms with E-state index in [2.05, 4.69) is 31.1 Å². The molecule has 10 nitrogen and oxygen atoms in total. The molecule has 33 heavy (non-hydrogen) atoms. The Morgan fingerprint density at radius 1 is 1.21 bits per heavy atom. The van der Waals surface area contributed by atoms with Crippen LogP contribution in [-0.2, 0) is 13.0 Å². The van der Waals surface area contributed by atoms with Crippen molar-refractivity contribution in [2.24, 2.45) is 0 Å². The maximum Gasteiger partial charge on any atom is 0.317 e. The zero-order chi connectivity index (χ0) is 23.5. The second-order valence-corrected chi connectivity index (χ2v) is 8.01. The highest BCUT2D eigenvalue weighted by Gasteiger charge is 2.24. The molecule has 0 saturated heterocycles. The molecular weight excluding hydrogens is 427 g/mol. The lowest BCUT2D eigenvalue weighted by molar-refractivity contribution is 0.102. The molecule has 0 unspecified atom stereocenters. The van der Waals surface area contributed by atoms with Crippen LogP contribution in [-0.4, -0.2) is 55.1 Å². The number of hydrogen-bond acceptors (Lipinski definition) is 6. The Morgan fingerprint density at radius 2 is 2.03 bits per heavy atom. The number of fused-ring (bicyclic) bond motifs is 1. The average molecular weight is 452 g/mol. The molecule has 2 aromatic heterocycles. The molecule has 3 amide bonds. The molecule has 11 heteroatoms. The van der Waals surface area contributed by atoms with Gasteiger partial charge in [0.15, 0.2) is 0 Å². The highest BCUT2D eigenvalue weighted by molar-refractivity contribution is 6.04. The first-order chi connectivity index (χ1) is 15.9. The summed E-state index contributed by atoms with van der Waals surface area (Å²) in [7, 11) is 0. The van der Waals surface area contributed by atoms with Crippen molar-refractivity contribution in [1.29, 1.82) is 0 Å². The molecule has 0 aliphatic carbocycles. The molecule has 0 radical (unpaired) electrons. The van der Waals surface area contributed by atoms with Crippen LogP contribution in [0.4, 0.5) is 15.0 Å². The number of rotatable bonds is 5. The van der Waals surface area contributed by atoms with E-state index in [1.165, 1.54) is 12.1 Å². The van der Waals surface area contributed by atoms with Crippen molar-refractivity contribution in [1.82, 2.24) is 35.4 Å². The summed E-state index contributed by atoms with van der Waals surface area (Å²) < 4.78 is 16.4. The van der Waals surface area contributed by atoms with Crippen molar-refractivity contribution in [3.05, 3.63) is 52.8 Å².